The largest absolute Gasteiger partial charge is 0.462 e. The van der Waals surface area contributed by atoms with E-state index in [1.807, 2.05) is 18.2 Å². The molecule has 0 bridgehead atoms. The number of nitrogens with one attached hydrogen (secondary N) is 1. The molecule has 2 aromatic rings. The van der Waals surface area contributed by atoms with Crippen LogP contribution in [0, 0.1) is 0 Å². The number of carbonyl (C=O) groups is 3. The van der Waals surface area contributed by atoms with E-state index in [1.165, 1.54) is 12.5 Å². The summed E-state index contributed by atoms with van der Waals surface area (Å²) in [4.78, 5) is 36.7. The topological polar surface area (TPSA) is 89.5 Å². The maximum atomic E-state index is 13.1. The zero-order valence-electron chi connectivity index (χ0n) is 20.5. The smallest absolute Gasteiger partial charge is 0.359 e. The molecule has 0 spiro atoms. The van der Waals surface area contributed by atoms with Crippen LogP contribution in [0.1, 0.15) is 61.0 Å². The average molecular weight is 500 g/mol. The molecular weight excluding hydrogens is 464 g/mol. The van der Waals surface area contributed by atoms with Gasteiger partial charge in [-0.2, -0.15) is 10.0 Å². The van der Waals surface area contributed by atoms with E-state index in [9.17, 15) is 18.6 Å². The number of β-lactam (4-membered cyclic amide) rings is 1. The van der Waals surface area contributed by atoms with Crippen molar-refractivity contribution in [1.29, 1.82) is 0 Å². The third kappa shape index (κ3) is 7.32. The zero-order chi connectivity index (χ0) is 25.3. The van der Waals surface area contributed by atoms with E-state index in [1.54, 1.807) is 31.2 Å². The van der Waals surface area contributed by atoms with Crippen LogP contribution in [0.4, 0.5) is 0 Å². The molecule has 8 heteroatoms. The van der Waals surface area contributed by atoms with Gasteiger partial charge in [-0.05, 0) is 55.9 Å². The van der Waals surface area contributed by atoms with Crippen molar-refractivity contribution >= 4 is 28.6 Å². The average Bonchev–Trinajstić information content (AvgIpc) is 2.84. The summed E-state index contributed by atoms with van der Waals surface area (Å²) in [5.74, 6) is -0.627. The van der Waals surface area contributed by atoms with Gasteiger partial charge >= 0.3 is 11.9 Å². The Hall–Kier alpha value is -2.84. The van der Waals surface area contributed by atoms with Gasteiger partial charge < -0.3 is 4.74 Å². The van der Waals surface area contributed by atoms with Crippen LogP contribution in [0.15, 0.2) is 54.6 Å². The number of likely N-dealkylation sites (tertiary alicyclic amines) is 1. The summed E-state index contributed by atoms with van der Waals surface area (Å²) in [5, 5.41) is -0.607. The van der Waals surface area contributed by atoms with Gasteiger partial charge in [-0.25, -0.2) is 9.59 Å². The van der Waals surface area contributed by atoms with Gasteiger partial charge in [-0.1, -0.05) is 48.9 Å². The number of hydrogen-bond donors (Lipinski definition) is 1. The van der Waals surface area contributed by atoms with Gasteiger partial charge in [0.25, 0.3) is 5.91 Å². The second-order valence-electron chi connectivity index (χ2n) is 8.96. The third-order valence-electron chi connectivity index (χ3n) is 6.24. The Morgan fingerprint density at radius 2 is 1.69 bits per heavy atom. The molecule has 1 saturated heterocycles. The number of nitrogens with zero attached hydrogens (tertiary/aromatic N) is 1. The SMILES string of the molecule is CCOC(=O)c1ccc(CS(=O)C2C[N+](CCCCCCc3ccccc3)(NC(C)=O)C2=O)cc1. The van der Waals surface area contributed by atoms with Gasteiger partial charge in [-0.15, -0.1) is 0 Å². The molecule has 2 amide bonds. The molecular formula is C27H35N2O5S+. The maximum Gasteiger partial charge on any atom is 0.359 e. The summed E-state index contributed by atoms with van der Waals surface area (Å²) in [7, 11) is -1.41. The minimum atomic E-state index is -1.41. The Morgan fingerprint density at radius 3 is 2.31 bits per heavy atom. The number of amides is 2. The van der Waals surface area contributed by atoms with Gasteiger partial charge in [0.2, 0.25) is 5.25 Å². The van der Waals surface area contributed by atoms with E-state index in [2.05, 4.69) is 17.6 Å². The van der Waals surface area contributed by atoms with Crippen molar-refractivity contribution in [3.05, 3.63) is 71.3 Å². The van der Waals surface area contributed by atoms with E-state index in [0.717, 1.165) is 37.7 Å². The normalized spacial score (nSPS) is 20.1. The number of carbonyl (C=O) groups excluding carboxylic acids is 3. The van der Waals surface area contributed by atoms with Crippen molar-refractivity contribution in [2.24, 2.45) is 0 Å². The van der Waals surface area contributed by atoms with Crippen molar-refractivity contribution in [3.8, 4) is 0 Å². The Morgan fingerprint density at radius 1 is 1.00 bits per heavy atom. The van der Waals surface area contributed by atoms with Crippen molar-refractivity contribution in [1.82, 2.24) is 5.43 Å². The fourth-order valence-electron chi connectivity index (χ4n) is 4.39. The van der Waals surface area contributed by atoms with Crippen LogP contribution in [-0.2, 0) is 37.3 Å². The number of unbranched alkanes of at least 4 members (excludes halogenated alkanes) is 3. The number of hydrogen-bond acceptors (Lipinski definition) is 5. The first-order valence-corrected chi connectivity index (χ1v) is 13.6. The molecule has 0 radical (unpaired) electrons. The predicted octanol–water partition coefficient (Wildman–Crippen LogP) is 3.69. The first-order chi connectivity index (χ1) is 16.8. The molecule has 1 heterocycles. The van der Waals surface area contributed by atoms with Crippen LogP contribution in [0.5, 0.6) is 0 Å². The lowest BCUT2D eigenvalue weighted by Crippen LogP contribution is -2.78. The Labute approximate surface area is 209 Å². The minimum absolute atomic E-state index is 0.119. The Kier molecular flexibility index (Phi) is 9.74. The predicted molar refractivity (Wildman–Crippen MR) is 135 cm³/mol. The highest BCUT2D eigenvalue weighted by Gasteiger charge is 2.58. The number of rotatable bonds is 13. The first kappa shape index (κ1) is 26.8. The van der Waals surface area contributed by atoms with E-state index in [-0.39, 0.29) is 22.2 Å². The number of benzene rings is 2. The highest BCUT2D eigenvalue weighted by atomic mass is 32.2. The highest BCUT2D eigenvalue weighted by molar-refractivity contribution is 7.85. The van der Waals surface area contributed by atoms with Crippen LogP contribution in [-0.4, -0.2) is 51.5 Å². The van der Waals surface area contributed by atoms with Gasteiger partial charge in [0.1, 0.15) is 13.1 Å². The standard InChI is InChI=1S/C27H34N2O5S/c1-3-34-27(32)24-16-14-23(15-17-24)20-35(33)25-19-29(26(25)31,28-21(2)30)18-10-5-4-7-11-22-12-8-6-9-13-22/h6,8-9,12-17,25H,3-5,7,10-11,18-20H2,1-2H3/p+1. The molecule has 188 valence electrons. The molecule has 1 fully saturated rings. The van der Waals surface area contributed by atoms with Crippen molar-refractivity contribution in [2.45, 2.75) is 57.0 Å². The molecule has 7 nitrogen and oxygen atoms in total. The molecule has 0 saturated carbocycles. The molecule has 1 aliphatic rings. The summed E-state index contributed by atoms with van der Waals surface area (Å²) < 4.78 is 17.8. The monoisotopic (exact) mass is 499 g/mol. The van der Waals surface area contributed by atoms with Gasteiger partial charge in [0.15, 0.2) is 0 Å². The van der Waals surface area contributed by atoms with Gasteiger partial charge in [0, 0.05) is 23.5 Å². The van der Waals surface area contributed by atoms with Crippen molar-refractivity contribution < 1.29 is 27.9 Å². The summed E-state index contributed by atoms with van der Waals surface area (Å²) in [5.41, 5.74) is 5.35. The summed E-state index contributed by atoms with van der Waals surface area (Å²) in [6.07, 6.45) is 4.96. The molecule has 3 rings (SSSR count). The third-order valence-corrected chi connectivity index (χ3v) is 7.84. The molecule has 3 unspecified atom stereocenters. The lowest BCUT2D eigenvalue weighted by Gasteiger charge is -2.45. The van der Waals surface area contributed by atoms with Crippen LogP contribution >= 0.6 is 0 Å². The molecule has 0 aromatic heterocycles. The lowest BCUT2D eigenvalue weighted by molar-refractivity contribution is -0.912. The van der Waals surface area contributed by atoms with Crippen LogP contribution < -0.4 is 5.43 Å². The Bertz CT molecular complexity index is 1040. The van der Waals surface area contributed by atoms with Crippen LogP contribution in [0.25, 0.3) is 0 Å². The fourth-order valence-corrected chi connectivity index (χ4v) is 5.96. The van der Waals surface area contributed by atoms with E-state index in [0.29, 0.717) is 25.3 Å². The lowest BCUT2D eigenvalue weighted by atomic mass is 10.1. The van der Waals surface area contributed by atoms with Crippen molar-refractivity contribution in [3.63, 3.8) is 0 Å². The molecule has 3 atom stereocenters. The molecule has 1 N–H and O–H groups in total. The van der Waals surface area contributed by atoms with Gasteiger partial charge in [-0.3, -0.25) is 9.00 Å². The molecule has 2 aromatic carbocycles. The minimum Gasteiger partial charge on any atom is -0.462 e. The highest BCUT2D eigenvalue weighted by Crippen LogP contribution is 2.27. The number of aryl methyl sites for hydroxylation is 1. The quantitative estimate of drug-likeness (QED) is 0.197. The molecule has 0 aliphatic carbocycles. The van der Waals surface area contributed by atoms with Crippen molar-refractivity contribution in [2.75, 3.05) is 19.7 Å². The van der Waals surface area contributed by atoms with E-state index < -0.39 is 22.0 Å². The van der Waals surface area contributed by atoms with Crippen LogP contribution in [0.3, 0.4) is 0 Å². The van der Waals surface area contributed by atoms with E-state index in [4.69, 9.17) is 4.74 Å². The maximum absolute atomic E-state index is 13.1. The first-order valence-electron chi connectivity index (χ1n) is 12.2. The summed E-state index contributed by atoms with van der Waals surface area (Å²) >= 11 is 0. The molecule has 1 aliphatic heterocycles. The summed E-state index contributed by atoms with van der Waals surface area (Å²) in [6.45, 7) is 4.32. The number of ether oxygens (including phenoxy) is 1. The van der Waals surface area contributed by atoms with Crippen LogP contribution in [0.2, 0.25) is 0 Å². The zero-order valence-corrected chi connectivity index (χ0v) is 21.4. The Balaban J connectivity index is 1.48. The number of esters is 1. The fraction of sp³-hybridized carbons (Fsp3) is 0.444. The number of quaternary nitrogens is 1. The summed E-state index contributed by atoms with van der Waals surface area (Å²) in [6, 6.07) is 17.1. The second-order valence-corrected chi connectivity index (χ2v) is 10.6. The second kappa shape index (κ2) is 12.7. The molecule has 35 heavy (non-hydrogen) atoms. The van der Waals surface area contributed by atoms with Gasteiger partial charge in [0.05, 0.1) is 12.2 Å². The van der Waals surface area contributed by atoms with E-state index >= 15 is 0 Å².